The van der Waals surface area contributed by atoms with Gasteiger partial charge in [-0.25, -0.2) is 4.79 Å². The van der Waals surface area contributed by atoms with Gasteiger partial charge in [-0.05, 0) is 29.9 Å². The van der Waals surface area contributed by atoms with Crippen molar-refractivity contribution >= 4 is 11.6 Å². The van der Waals surface area contributed by atoms with Gasteiger partial charge in [0.25, 0.3) is 5.56 Å². The van der Waals surface area contributed by atoms with E-state index in [2.05, 4.69) is 40.8 Å². The van der Waals surface area contributed by atoms with Crippen LogP contribution >= 0.6 is 0 Å². The lowest BCUT2D eigenvalue weighted by molar-refractivity contribution is 0.0699. The summed E-state index contributed by atoms with van der Waals surface area (Å²) < 4.78 is 1.06. The fourth-order valence-electron chi connectivity index (χ4n) is 3.62. The van der Waals surface area contributed by atoms with Crippen molar-refractivity contribution in [2.24, 2.45) is 5.41 Å². The summed E-state index contributed by atoms with van der Waals surface area (Å²) in [7, 11) is 0. The average Bonchev–Trinajstić information content (AvgIpc) is 3.08. The Kier molecular flexibility index (Phi) is 4.93. The Balaban J connectivity index is 1.87. The summed E-state index contributed by atoms with van der Waals surface area (Å²) in [5.41, 5.74) is 3.16. The van der Waals surface area contributed by atoms with Crippen LogP contribution in [0.3, 0.4) is 0 Å². The number of aromatic amines is 1. The van der Waals surface area contributed by atoms with Crippen LogP contribution in [0.15, 0.2) is 47.5 Å². The molecule has 8 heteroatoms. The number of nitrogens with one attached hydrogen (secondary N) is 1. The van der Waals surface area contributed by atoms with Crippen molar-refractivity contribution in [2.75, 3.05) is 0 Å². The van der Waals surface area contributed by atoms with Gasteiger partial charge < -0.3 is 10.1 Å². The van der Waals surface area contributed by atoms with Crippen LogP contribution in [0.25, 0.3) is 28.3 Å². The number of carboxylic acid groups (broad SMARTS) is 1. The molecule has 0 aliphatic rings. The molecule has 4 aromatic rings. The normalized spacial score (nSPS) is 11.7. The smallest absolute Gasteiger partial charge is 0.341 e. The van der Waals surface area contributed by atoms with Crippen molar-refractivity contribution < 1.29 is 9.90 Å². The molecule has 8 nitrogen and oxygen atoms in total. The van der Waals surface area contributed by atoms with Crippen molar-refractivity contribution in [1.82, 2.24) is 24.6 Å². The molecule has 0 spiro atoms. The van der Waals surface area contributed by atoms with E-state index in [-0.39, 0.29) is 22.3 Å². The first kappa shape index (κ1) is 20.5. The van der Waals surface area contributed by atoms with Gasteiger partial charge in [0.2, 0.25) is 0 Å². The molecule has 4 rings (SSSR count). The third-order valence-electron chi connectivity index (χ3n) is 4.93. The molecule has 31 heavy (non-hydrogen) atoms. The Bertz CT molecular complexity index is 1340. The molecule has 0 saturated heterocycles. The zero-order chi connectivity index (χ0) is 22.3. The molecule has 0 amide bonds. The van der Waals surface area contributed by atoms with E-state index in [4.69, 9.17) is 0 Å². The van der Waals surface area contributed by atoms with E-state index < -0.39 is 11.5 Å². The second kappa shape index (κ2) is 7.46. The summed E-state index contributed by atoms with van der Waals surface area (Å²) in [5, 5.41) is 14.1. The quantitative estimate of drug-likeness (QED) is 0.523. The van der Waals surface area contributed by atoms with Crippen LogP contribution < -0.4 is 5.56 Å². The summed E-state index contributed by atoms with van der Waals surface area (Å²) >= 11 is 0. The van der Waals surface area contributed by atoms with E-state index in [9.17, 15) is 14.7 Å². The maximum atomic E-state index is 12.8. The number of hydrogen-bond acceptors (Lipinski definition) is 5. The number of benzene rings is 1. The summed E-state index contributed by atoms with van der Waals surface area (Å²) in [6.45, 7) is 8.24. The van der Waals surface area contributed by atoms with Crippen LogP contribution in [0.5, 0.6) is 0 Å². The Labute approximate surface area is 178 Å². The number of carboxylic acids is 1. The third-order valence-corrected chi connectivity index (χ3v) is 4.93. The molecule has 1 aromatic carbocycles. The average molecular weight is 417 g/mol. The van der Waals surface area contributed by atoms with Crippen molar-refractivity contribution in [3.8, 4) is 22.6 Å². The first-order valence-corrected chi connectivity index (χ1v) is 9.91. The SMILES string of the molecule is Cc1nccnc1-c1nn2c(=O)cc(-c3ccc(CC(C)(C)C)cc3)[nH]c2c1C(=O)O. The molecule has 0 bridgehead atoms. The largest absolute Gasteiger partial charge is 0.477 e. The predicted molar refractivity (Wildman–Crippen MR) is 117 cm³/mol. The predicted octanol–water partition coefficient (Wildman–Crippen LogP) is 3.74. The highest BCUT2D eigenvalue weighted by Crippen LogP contribution is 2.27. The van der Waals surface area contributed by atoms with Crippen LogP contribution in [0, 0.1) is 12.3 Å². The minimum Gasteiger partial charge on any atom is -0.477 e. The highest BCUT2D eigenvalue weighted by molar-refractivity contribution is 6.01. The van der Waals surface area contributed by atoms with Crippen molar-refractivity contribution in [2.45, 2.75) is 34.1 Å². The highest BCUT2D eigenvalue weighted by atomic mass is 16.4. The second-order valence-corrected chi connectivity index (χ2v) is 8.74. The van der Waals surface area contributed by atoms with Gasteiger partial charge in [0, 0.05) is 18.5 Å². The lowest BCUT2D eigenvalue weighted by Crippen LogP contribution is -2.15. The summed E-state index contributed by atoms with van der Waals surface area (Å²) in [4.78, 5) is 36.3. The monoisotopic (exact) mass is 417 g/mol. The van der Waals surface area contributed by atoms with Gasteiger partial charge in [-0.1, -0.05) is 45.0 Å². The maximum Gasteiger partial charge on any atom is 0.341 e. The van der Waals surface area contributed by atoms with E-state index in [1.165, 1.54) is 24.0 Å². The zero-order valence-corrected chi connectivity index (χ0v) is 17.8. The summed E-state index contributed by atoms with van der Waals surface area (Å²) in [6, 6.07) is 9.30. The zero-order valence-electron chi connectivity index (χ0n) is 17.8. The first-order valence-electron chi connectivity index (χ1n) is 9.91. The van der Waals surface area contributed by atoms with E-state index in [0.717, 1.165) is 16.5 Å². The molecule has 0 fully saturated rings. The molecule has 0 radical (unpaired) electrons. The van der Waals surface area contributed by atoms with Crippen LogP contribution in [0.2, 0.25) is 0 Å². The maximum absolute atomic E-state index is 12.8. The van der Waals surface area contributed by atoms with Gasteiger partial charge in [0.05, 0.1) is 11.4 Å². The molecule has 0 saturated carbocycles. The fourth-order valence-corrected chi connectivity index (χ4v) is 3.62. The topological polar surface area (TPSA) is 113 Å². The summed E-state index contributed by atoms with van der Waals surface area (Å²) in [5.74, 6) is -1.21. The number of carbonyl (C=O) groups is 1. The number of H-pyrrole nitrogens is 1. The van der Waals surface area contributed by atoms with Crippen LogP contribution in [0.1, 0.15) is 42.4 Å². The van der Waals surface area contributed by atoms with Gasteiger partial charge in [0.1, 0.15) is 17.0 Å². The molecule has 0 unspecified atom stereocenters. The number of rotatable bonds is 4. The molecule has 0 aliphatic heterocycles. The molecule has 3 aromatic heterocycles. The molecule has 0 aliphatic carbocycles. The van der Waals surface area contributed by atoms with Crippen LogP contribution in [-0.2, 0) is 6.42 Å². The van der Waals surface area contributed by atoms with Gasteiger partial charge in [-0.15, -0.1) is 0 Å². The fraction of sp³-hybridized carbons (Fsp3) is 0.261. The third kappa shape index (κ3) is 3.96. The van der Waals surface area contributed by atoms with E-state index in [1.807, 2.05) is 24.3 Å². The first-order chi connectivity index (χ1) is 14.6. The molecular weight excluding hydrogens is 394 g/mol. The van der Waals surface area contributed by atoms with E-state index >= 15 is 0 Å². The summed E-state index contributed by atoms with van der Waals surface area (Å²) in [6.07, 6.45) is 3.90. The number of aromatic carboxylic acids is 1. The Morgan fingerprint density at radius 1 is 1.10 bits per heavy atom. The van der Waals surface area contributed by atoms with Crippen molar-refractivity contribution in [1.29, 1.82) is 0 Å². The number of nitrogens with zero attached hydrogens (tertiary/aromatic N) is 4. The minimum absolute atomic E-state index is 0.101. The highest BCUT2D eigenvalue weighted by Gasteiger charge is 2.25. The molecule has 0 atom stereocenters. The lowest BCUT2D eigenvalue weighted by atomic mass is 9.88. The number of fused-ring (bicyclic) bond motifs is 1. The van der Waals surface area contributed by atoms with Gasteiger partial charge in [0.15, 0.2) is 5.65 Å². The van der Waals surface area contributed by atoms with Crippen LogP contribution in [-0.4, -0.2) is 35.6 Å². The van der Waals surface area contributed by atoms with Gasteiger partial charge in [-0.3, -0.25) is 14.8 Å². The minimum atomic E-state index is -1.21. The van der Waals surface area contributed by atoms with E-state index in [1.54, 1.807) is 6.92 Å². The van der Waals surface area contributed by atoms with Gasteiger partial charge >= 0.3 is 5.97 Å². The second-order valence-electron chi connectivity index (χ2n) is 8.74. The Morgan fingerprint density at radius 2 is 1.77 bits per heavy atom. The number of aromatic nitrogens is 5. The standard InChI is InChI=1S/C23H23N5O3/c1-13-19(25-10-9-24-13)20-18(22(30)31)21-26-16(11-17(29)28(21)27-20)15-7-5-14(6-8-15)12-23(2,3)4/h5-11,26H,12H2,1-4H3,(H,30,31). The number of aryl methyl sites for hydroxylation is 1. The molecule has 3 heterocycles. The molecule has 2 N–H and O–H groups in total. The van der Waals surface area contributed by atoms with Crippen molar-refractivity contribution in [3.63, 3.8) is 0 Å². The molecule has 158 valence electrons. The lowest BCUT2D eigenvalue weighted by Gasteiger charge is -2.18. The Morgan fingerprint density at radius 3 is 2.39 bits per heavy atom. The van der Waals surface area contributed by atoms with Crippen LogP contribution in [0.4, 0.5) is 0 Å². The van der Waals surface area contributed by atoms with E-state index in [0.29, 0.717) is 17.1 Å². The molecular formula is C23H23N5O3. The number of hydrogen-bond donors (Lipinski definition) is 2. The Hall–Kier alpha value is -3.81. The van der Waals surface area contributed by atoms with Crippen molar-refractivity contribution in [3.05, 3.63) is 69.9 Å². The van der Waals surface area contributed by atoms with Gasteiger partial charge in [-0.2, -0.15) is 9.61 Å².